The Bertz CT molecular complexity index is 387. The van der Waals surface area contributed by atoms with Crippen molar-refractivity contribution in [2.75, 3.05) is 0 Å². The van der Waals surface area contributed by atoms with E-state index in [0.717, 1.165) is 6.20 Å². The second-order valence-corrected chi connectivity index (χ2v) is 2.59. The van der Waals surface area contributed by atoms with Gasteiger partial charge in [-0.1, -0.05) is 23.2 Å². The summed E-state index contributed by atoms with van der Waals surface area (Å²) in [6.45, 7) is 0. The molecule has 0 aromatic carbocycles. The summed E-state index contributed by atoms with van der Waals surface area (Å²) in [4.78, 5) is 21.2. The molecule has 0 unspecified atom stereocenters. The van der Waals surface area contributed by atoms with Crippen LogP contribution in [0, 0.1) is 0 Å². The number of carbonyl (C=O) groups is 1. The van der Waals surface area contributed by atoms with Crippen molar-refractivity contribution < 1.29 is 9.90 Å². The zero-order valence-electron chi connectivity index (χ0n) is 5.49. The third-order valence-corrected chi connectivity index (χ3v) is 1.81. The van der Waals surface area contributed by atoms with Crippen LogP contribution in [0.4, 0.5) is 4.79 Å². The van der Waals surface area contributed by atoms with Crippen LogP contribution in [0.5, 0.6) is 0 Å². The normalized spacial score (nSPS) is 9.83. The van der Waals surface area contributed by atoms with E-state index in [4.69, 9.17) is 28.3 Å². The Kier molecular flexibility index (Phi) is 2.35. The molecule has 0 aliphatic rings. The summed E-state index contributed by atoms with van der Waals surface area (Å²) >= 11 is 10.7. The van der Waals surface area contributed by atoms with Crippen LogP contribution in [-0.4, -0.2) is 21.0 Å². The summed E-state index contributed by atoms with van der Waals surface area (Å²) in [6.07, 6.45) is -0.516. The minimum atomic E-state index is -1.50. The maximum absolute atomic E-state index is 10.9. The van der Waals surface area contributed by atoms with E-state index < -0.39 is 11.7 Å². The first kappa shape index (κ1) is 9.02. The highest BCUT2D eigenvalue weighted by molar-refractivity contribution is 6.41. The van der Waals surface area contributed by atoms with Crippen LogP contribution in [0.2, 0.25) is 10.0 Å². The molecule has 1 aromatic rings. The van der Waals surface area contributed by atoms with Gasteiger partial charge in [-0.25, -0.2) is 4.79 Å². The molecule has 0 saturated carbocycles. The summed E-state index contributed by atoms with van der Waals surface area (Å²) in [5.74, 6) is 0. The number of aromatic nitrogens is 2. The summed E-state index contributed by atoms with van der Waals surface area (Å²) < 4.78 is 0.203. The van der Waals surface area contributed by atoms with E-state index in [2.05, 4.69) is 5.10 Å². The number of rotatable bonds is 0. The van der Waals surface area contributed by atoms with Gasteiger partial charge >= 0.3 is 6.09 Å². The molecule has 0 radical (unpaired) electrons. The molecule has 1 aromatic heterocycles. The average Bonchev–Trinajstić information content (AvgIpc) is 2.00. The molecule has 0 aliphatic heterocycles. The van der Waals surface area contributed by atoms with Crippen molar-refractivity contribution in [1.29, 1.82) is 0 Å². The number of carboxylic acid groups (broad SMARTS) is 1. The van der Waals surface area contributed by atoms with Crippen LogP contribution in [0.3, 0.4) is 0 Å². The first-order valence-electron chi connectivity index (χ1n) is 2.70. The third-order valence-electron chi connectivity index (χ3n) is 1.06. The minimum Gasteiger partial charge on any atom is -0.463 e. The van der Waals surface area contributed by atoms with Gasteiger partial charge in [0.15, 0.2) is 0 Å². The maximum Gasteiger partial charge on any atom is 0.435 e. The molecule has 0 aliphatic carbocycles. The van der Waals surface area contributed by atoms with Crippen molar-refractivity contribution >= 4 is 29.3 Å². The predicted octanol–water partition coefficient (Wildman–Crippen LogP) is 1.08. The van der Waals surface area contributed by atoms with E-state index >= 15 is 0 Å². The lowest BCUT2D eigenvalue weighted by molar-refractivity contribution is 0.191. The van der Waals surface area contributed by atoms with Crippen LogP contribution in [0.15, 0.2) is 11.0 Å². The summed E-state index contributed by atoms with van der Waals surface area (Å²) in [5.41, 5.74) is -0.948. The molecule has 1 rings (SSSR count). The second-order valence-electron chi connectivity index (χ2n) is 1.81. The fourth-order valence-electron chi connectivity index (χ4n) is 0.549. The van der Waals surface area contributed by atoms with Crippen LogP contribution >= 0.6 is 23.2 Å². The molecule has 0 bridgehead atoms. The van der Waals surface area contributed by atoms with Crippen LogP contribution < -0.4 is 5.56 Å². The van der Waals surface area contributed by atoms with Crippen molar-refractivity contribution in [3.8, 4) is 0 Å². The molecule has 0 spiro atoms. The van der Waals surface area contributed by atoms with Gasteiger partial charge in [0.2, 0.25) is 0 Å². The van der Waals surface area contributed by atoms with Crippen molar-refractivity contribution in [2.45, 2.75) is 0 Å². The number of halogens is 2. The molecule has 0 saturated heterocycles. The van der Waals surface area contributed by atoms with Crippen molar-refractivity contribution in [3.63, 3.8) is 0 Å². The smallest absolute Gasteiger partial charge is 0.435 e. The van der Waals surface area contributed by atoms with E-state index in [-0.39, 0.29) is 14.7 Å². The monoisotopic (exact) mass is 208 g/mol. The maximum atomic E-state index is 10.9. The molecule has 5 nitrogen and oxygen atoms in total. The van der Waals surface area contributed by atoms with E-state index in [9.17, 15) is 9.59 Å². The van der Waals surface area contributed by atoms with Gasteiger partial charge in [-0.2, -0.15) is 5.10 Å². The molecular formula is C5H2Cl2N2O3. The second kappa shape index (κ2) is 3.12. The van der Waals surface area contributed by atoms with Crippen LogP contribution in [-0.2, 0) is 0 Å². The van der Waals surface area contributed by atoms with Crippen molar-refractivity contribution in [2.24, 2.45) is 0 Å². The average molecular weight is 209 g/mol. The Hall–Kier alpha value is -1.07. The van der Waals surface area contributed by atoms with E-state index in [1.54, 1.807) is 0 Å². The largest absolute Gasteiger partial charge is 0.463 e. The lowest BCUT2D eigenvalue weighted by atomic mass is 10.6. The first-order chi connectivity index (χ1) is 5.54. The van der Waals surface area contributed by atoms with Gasteiger partial charge < -0.3 is 5.11 Å². The van der Waals surface area contributed by atoms with E-state index in [1.165, 1.54) is 0 Å². The lowest BCUT2D eigenvalue weighted by Gasteiger charge is -1.97. The Labute approximate surface area is 76.1 Å². The number of hydrogen-bond donors (Lipinski definition) is 1. The summed E-state index contributed by atoms with van der Waals surface area (Å²) in [7, 11) is 0. The molecule has 0 atom stereocenters. The molecule has 12 heavy (non-hydrogen) atoms. The zero-order chi connectivity index (χ0) is 9.30. The summed E-state index contributed by atoms with van der Waals surface area (Å²) in [6, 6.07) is 0. The minimum absolute atomic E-state index is 0.0702. The fraction of sp³-hybridized carbons (Fsp3) is 0. The predicted molar refractivity (Wildman–Crippen MR) is 41.9 cm³/mol. The van der Waals surface area contributed by atoms with Crippen LogP contribution in [0.1, 0.15) is 0 Å². The quantitative estimate of drug-likeness (QED) is 0.693. The van der Waals surface area contributed by atoms with E-state index in [0.29, 0.717) is 0 Å². The topological polar surface area (TPSA) is 72.2 Å². The molecule has 7 heteroatoms. The SMILES string of the molecule is O=C(O)n1ncc(Cl)c(Cl)c1=O. The first-order valence-corrected chi connectivity index (χ1v) is 3.46. The van der Waals surface area contributed by atoms with Crippen molar-refractivity contribution in [3.05, 3.63) is 26.6 Å². The molecular weight excluding hydrogens is 207 g/mol. The highest BCUT2D eigenvalue weighted by Gasteiger charge is 2.11. The Morgan fingerprint density at radius 3 is 2.67 bits per heavy atom. The van der Waals surface area contributed by atoms with Gasteiger partial charge in [0.1, 0.15) is 5.02 Å². The molecule has 64 valence electrons. The number of nitrogens with zero attached hydrogens (tertiary/aromatic N) is 2. The molecule has 1 N–H and O–H groups in total. The van der Waals surface area contributed by atoms with Gasteiger partial charge in [-0.3, -0.25) is 4.79 Å². The van der Waals surface area contributed by atoms with Gasteiger partial charge in [0.25, 0.3) is 5.56 Å². The van der Waals surface area contributed by atoms with Gasteiger partial charge in [0.05, 0.1) is 11.2 Å². The standard InChI is InChI=1S/C5H2Cl2N2O3/c6-2-1-8-9(5(11)12)4(10)3(2)7/h1H,(H,11,12). The molecule has 0 fully saturated rings. The number of hydrogen-bond acceptors (Lipinski definition) is 3. The van der Waals surface area contributed by atoms with E-state index in [1.807, 2.05) is 0 Å². The summed E-state index contributed by atoms with van der Waals surface area (Å²) in [5, 5.41) is 11.2. The Morgan fingerprint density at radius 1 is 1.58 bits per heavy atom. The Balaban J connectivity index is 3.47. The fourth-order valence-corrected chi connectivity index (χ4v) is 0.802. The lowest BCUT2D eigenvalue weighted by Crippen LogP contribution is -2.28. The van der Waals surface area contributed by atoms with Crippen LogP contribution in [0.25, 0.3) is 0 Å². The van der Waals surface area contributed by atoms with Gasteiger partial charge in [-0.15, -0.1) is 4.68 Å². The Morgan fingerprint density at radius 2 is 2.17 bits per heavy atom. The highest BCUT2D eigenvalue weighted by Crippen LogP contribution is 2.14. The van der Waals surface area contributed by atoms with Gasteiger partial charge in [0, 0.05) is 0 Å². The third kappa shape index (κ3) is 1.41. The van der Waals surface area contributed by atoms with Crippen molar-refractivity contribution in [1.82, 2.24) is 9.78 Å². The zero-order valence-corrected chi connectivity index (χ0v) is 7.00. The molecule has 0 amide bonds. The highest BCUT2D eigenvalue weighted by atomic mass is 35.5. The molecule has 1 heterocycles. The van der Waals surface area contributed by atoms with Gasteiger partial charge in [-0.05, 0) is 0 Å².